The molecule has 0 amide bonds. The molecule has 0 rings (SSSR count). The number of ether oxygens (including phenoxy) is 2. The number of methoxy groups -OCH3 is 1. The highest BCUT2D eigenvalue weighted by atomic mass is 35.7. The molecule has 0 aromatic heterocycles. The van der Waals surface area contributed by atoms with E-state index >= 15 is 0 Å². The van der Waals surface area contributed by atoms with E-state index in [1.54, 1.807) is 7.11 Å². The molecule has 0 heterocycles. The van der Waals surface area contributed by atoms with Gasteiger partial charge >= 0.3 is 0 Å². The summed E-state index contributed by atoms with van der Waals surface area (Å²) in [6, 6.07) is 0. The molecule has 0 aliphatic carbocycles. The van der Waals surface area contributed by atoms with E-state index in [-0.39, 0.29) is 5.75 Å². The lowest BCUT2D eigenvalue weighted by Crippen LogP contribution is -2.03. The predicted octanol–water partition coefficient (Wildman–Crippen LogP) is 1.39. The van der Waals surface area contributed by atoms with Gasteiger partial charge in [-0.3, -0.25) is 0 Å². The molecule has 0 saturated heterocycles. The monoisotopic (exact) mass is 244 g/mol. The molecule has 0 spiro atoms. The van der Waals surface area contributed by atoms with Crippen molar-refractivity contribution in [3.8, 4) is 0 Å². The topological polar surface area (TPSA) is 52.6 Å². The Morgan fingerprint density at radius 2 is 1.71 bits per heavy atom. The van der Waals surface area contributed by atoms with E-state index in [4.69, 9.17) is 20.2 Å². The fraction of sp³-hybridized carbons (Fsp3) is 1.00. The van der Waals surface area contributed by atoms with Crippen LogP contribution in [0.5, 0.6) is 0 Å². The van der Waals surface area contributed by atoms with Gasteiger partial charge in [-0.15, -0.1) is 0 Å². The van der Waals surface area contributed by atoms with Crippen molar-refractivity contribution < 1.29 is 17.9 Å². The molecular weight excluding hydrogens is 228 g/mol. The third kappa shape index (κ3) is 12.2. The summed E-state index contributed by atoms with van der Waals surface area (Å²) in [6.07, 6.45) is 2.14. The van der Waals surface area contributed by atoms with Gasteiger partial charge in [-0.05, 0) is 19.3 Å². The van der Waals surface area contributed by atoms with Crippen LogP contribution in [-0.2, 0) is 18.5 Å². The Hall–Kier alpha value is 0.160. The average molecular weight is 245 g/mol. The quantitative estimate of drug-likeness (QED) is 0.454. The molecule has 6 heteroatoms. The zero-order valence-electron chi connectivity index (χ0n) is 8.37. The SMILES string of the molecule is COCCCOCCCCS(=O)(=O)Cl. The van der Waals surface area contributed by atoms with Crippen LogP contribution in [0.1, 0.15) is 19.3 Å². The highest BCUT2D eigenvalue weighted by Gasteiger charge is 2.03. The predicted molar refractivity (Wildman–Crippen MR) is 56.2 cm³/mol. The van der Waals surface area contributed by atoms with E-state index in [0.717, 1.165) is 12.8 Å². The van der Waals surface area contributed by atoms with Crippen molar-refractivity contribution in [1.29, 1.82) is 0 Å². The Morgan fingerprint density at radius 1 is 1.07 bits per heavy atom. The minimum Gasteiger partial charge on any atom is -0.385 e. The molecule has 0 fully saturated rings. The van der Waals surface area contributed by atoms with Crippen molar-refractivity contribution in [1.82, 2.24) is 0 Å². The van der Waals surface area contributed by atoms with Crippen molar-refractivity contribution in [2.24, 2.45) is 0 Å². The van der Waals surface area contributed by atoms with E-state index in [9.17, 15) is 8.42 Å². The lowest BCUT2D eigenvalue weighted by Gasteiger charge is -2.02. The van der Waals surface area contributed by atoms with Gasteiger partial charge in [0, 0.05) is 37.6 Å². The molecule has 0 atom stereocenters. The van der Waals surface area contributed by atoms with Gasteiger partial charge in [-0.25, -0.2) is 8.42 Å². The molecule has 0 aromatic rings. The molecule has 0 bridgehead atoms. The minimum absolute atomic E-state index is 0.0238. The van der Waals surface area contributed by atoms with Crippen LogP contribution in [0.2, 0.25) is 0 Å². The second kappa shape index (κ2) is 8.47. The number of hydrogen-bond donors (Lipinski definition) is 0. The molecule has 0 aliphatic heterocycles. The second-order valence-corrected chi connectivity index (χ2v) is 5.81. The van der Waals surface area contributed by atoms with Crippen molar-refractivity contribution in [2.75, 3.05) is 32.7 Å². The first-order valence-electron chi connectivity index (χ1n) is 4.55. The molecule has 0 saturated carbocycles. The summed E-state index contributed by atoms with van der Waals surface area (Å²) in [5.74, 6) is 0.0238. The number of halogens is 1. The van der Waals surface area contributed by atoms with E-state index < -0.39 is 9.05 Å². The van der Waals surface area contributed by atoms with E-state index in [0.29, 0.717) is 26.2 Å². The molecular formula is C8H17ClO4S. The summed E-state index contributed by atoms with van der Waals surface area (Å²) in [7, 11) is 3.34. The number of rotatable bonds is 9. The van der Waals surface area contributed by atoms with Crippen molar-refractivity contribution >= 4 is 19.7 Å². The average Bonchev–Trinajstić information content (AvgIpc) is 2.08. The molecule has 4 nitrogen and oxygen atoms in total. The van der Waals surface area contributed by atoms with Gasteiger partial charge < -0.3 is 9.47 Å². The van der Waals surface area contributed by atoms with Gasteiger partial charge in [-0.2, -0.15) is 0 Å². The van der Waals surface area contributed by atoms with E-state index in [1.807, 2.05) is 0 Å². The van der Waals surface area contributed by atoms with Crippen molar-refractivity contribution in [2.45, 2.75) is 19.3 Å². The molecule has 0 N–H and O–H groups in total. The van der Waals surface area contributed by atoms with Crippen LogP contribution in [0.15, 0.2) is 0 Å². The van der Waals surface area contributed by atoms with Gasteiger partial charge in [0.2, 0.25) is 9.05 Å². The summed E-state index contributed by atoms with van der Waals surface area (Å²) in [4.78, 5) is 0. The first-order chi connectivity index (χ1) is 6.56. The zero-order valence-corrected chi connectivity index (χ0v) is 9.94. The van der Waals surface area contributed by atoms with Crippen molar-refractivity contribution in [3.63, 3.8) is 0 Å². The van der Waals surface area contributed by atoms with Crippen LogP contribution in [0, 0.1) is 0 Å². The first kappa shape index (κ1) is 14.2. The van der Waals surface area contributed by atoms with E-state index in [1.165, 1.54) is 0 Å². The maximum absolute atomic E-state index is 10.5. The van der Waals surface area contributed by atoms with Gasteiger partial charge in [0.1, 0.15) is 0 Å². The van der Waals surface area contributed by atoms with Crippen molar-refractivity contribution in [3.05, 3.63) is 0 Å². The Kier molecular flexibility index (Phi) is 8.56. The third-order valence-electron chi connectivity index (χ3n) is 1.56. The fourth-order valence-electron chi connectivity index (χ4n) is 0.886. The highest BCUT2D eigenvalue weighted by Crippen LogP contribution is 2.01. The molecule has 0 unspecified atom stereocenters. The van der Waals surface area contributed by atoms with Gasteiger partial charge in [0.25, 0.3) is 0 Å². The maximum Gasteiger partial charge on any atom is 0.232 e. The van der Waals surface area contributed by atoms with Crippen LogP contribution in [-0.4, -0.2) is 41.1 Å². The van der Waals surface area contributed by atoms with E-state index in [2.05, 4.69) is 0 Å². The molecule has 0 aliphatic rings. The van der Waals surface area contributed by atoms with Crippen LogP contribution in [0.4, 0.5) is 0 Å². The summed E-state index contributed by atoms with van der Waals surface area (Å²) >= 11 is 0. The Balaban J connectivity index is 3.07. The lowest BCUT2D eigenvalue weighted by molar-refractivity contribution is 0.101. The molecule has 14 heavy (non-hydrogen) atoms. The summed E-state index contributed by atoms with van der Waals surface area (Å²) < 4.78 is 31.1. The second-order valence-electron chi connectivity index (χ2n) is 2.91. The number of hydrogen-bond acceptors (Lipinski definition) is 4. The Labute approximate surface area is 90.0 Å². The van der Waals surface area contributed by atoms with Gasteiger partial charge in [-0.1, -0.05) is 0 Å². The standard InChI is InChI=1S/C8H17ClO4S/c1-12-5-4-7-13-6-2-3-8-14(9,10)11/h2-8H2,1H3. The van der Waals surface area contributed by atoms with Crippen LogP contribution >= 0.6 is 10.7 Å². The largest absolute Gasteiger partial charge is 0.385 e. The molecule has 86 valence electrons. The third-order valence-corrected chi connectivity index (χ3v) is 2.80. The van der Waals surface area contributed by atoms with Crippen LogP contribution < -0.4 is 0 Å². The zero-order chi connectivity index (χ0) is 10.9. The lowest BCUT2D eigenvalue weighted by atomic mass is 10.3. The summed E-state index contributed by atoms with van der Waals surface area (Å²) in [5, 5.41) is 0. The van der Waals surface area contributed by atoms with Gasteiger partial charge in [0.15, 0.2) is 0 Å². The summed E-state index contributed by atoms with van der Waals surface area (Å²) in [5.41, 5.74) is 0. The molecule has 0 aromatic carbocycles. The fourth-order valence-corrected chi connectivity index (χ4v) is 1.76. The smallest absolute Gasteiger partial charge is 0.232 e. The Morgan fingerprint density at radius 3 is 2.29 bits per heavy atom. The normalized spacial score (nSPS) is 11.9. The van der Waals surface area contributed by atoms with Crippen LogP contribution in [0.3, 0.4) is 0 Å². The highest BCUT2D eigenvalue weighted by molar-refractivity contribution is 8.13. The molecule has 0 radical (unpaired) electrons. The maximum atomic E-state index is 10.5. The van der Waals surface area contributed by atoms with Crippen LogP contribution in [0.25, 0.3) is 0 Å². The summed E-state index contributed by atoms with van der Waals surface area (Å²) in [6.45, 7) is 1.92. The first-order valence-corrected chi connectivity index (χ1v) is 7.03. The number of unbranched alkanes of at least 4 members (excludes halogenated alkanes) is 1. The van der Waals surface area contributed by atoms with Gasteiger partial charge in [0.05, 0.1) is 5.75 Å². The Bertz CT molecular complexity index is 215. The minimum atomic E-state index is -3.33.